The lowest BCUT2D eigenvalue weighted by Gasteiger charge is -2.34. The van der Waals surface area contributed by atoms with Crippen LogP contribution >= 0.6 is 0 Å². The van der Waals surface area contributed by atoms with Gasteiger partial charge in [-0.1, -0.05) is 208 Å². The fourth-order valence-corrected chi connectivity index (χ4v) is 9.74. The van der Waals surface area contributed by atoms with Crippen molar-refractivity contribution < 1.29 is 9.60 Å². The van der Waals surface area contributed by atoms with Crippen LogP contribution in [-0.4, -0.2) is 0 Å². The first kappa shape index (κ1) is 28.2. The van der Waals surface area contributed by atoms with E-state index >= 15 is 0 Å². The molecule has 1 nitrogen and oxygen atoms in total. The van der Waals surface area contributed by atoms with Crippen molar-refractivity contribution in [3.8, 4) is 44.5 Å². The molecule has 9 aromatic rings. The fraction of sp³-hybridized carbons (Fsp3) is 0.0690. The van der Waals surface area contributed by atoms with Crippen LogP contribution in [0.2, 0.25) is 0 Å². The first-order valence-electron chi connectivity index (χ1n) is 23.6. The quantitative estimate of drug-likeness (QED) is 0.156. The second kappa shape index (κ2) is 13.7. The molecule has 0 saturated heterocycles. The third-order valence-corrected chi connectivity index (χ3v) is 12.4. The monoisotopic (exact) mass is 760 g/mol. The van der Waals surface area contributed by atoms with E-state index in [2.05, 4.69) is 97.6 Å². The molecule has 0 N–H and O–H groups in total. The molecule has 0 bridgehead atoms. The Kier molecular flexibility index (Phi) is 6.56. The Hall–Kier alpha value is -7.22. The number of fused-ring (bicyclic) bond motifs is 6. The van der Waals surface area contributed by atoms with Gasteiger partial charge in [-0.3, -0.25) is 0 Å². The number of nitrogens with zero attached hydrogens (tertiary/aromatic N) is 1. The summed E-state index contributed by atoms with van der Waals surface area (Å²) >= 11 is 0. The molecule has 0 atom stereocenters. The Bertz CT molecular complexity index is 3360. The SMILES string of the molecule is [2H]c1c([2H])c([2H])c2c(c1[2H])-c1c(-c3ccccc3N(c3ccc(-c4ccccc4)cc3)c3ccc4c(c3)C(C)(C)c3ccccc3-4)c([2H])c([2H])c([2H])c1C2(c1ccccc1)c1ccccc1. The topological polar surface area (TPSA) is 3.24 Å². The molecule has 2 aliphatic rings. The number of anilines is 3. The van der Waals surface area contributed by atoms with Crippen LogP contribution in [0.1, 0.15) is 56.8 Å². The van der Waals surface area contributed by atoms with Gasteiger partial charge < -0.3 is 4.90 Å². The van der Waals surface area contributed by atoms with Gasteiger partial charge in [0.05, 0.1) is 20.7 Å². The van der Waals surface area contributed by atoms with Crippen molar-refractivity contribution >= 4 is 17.1 Å². The van der Waals surface area contributed by atoms with E-state index in [9.17, 15) is 6.85 Å². The van der Waals surface area contributed by atoms with Gasteiger partial charge in [0.1, 0.15) is 0 Å². The summed E-state index contributed by atoms with van der Waals surface area (Å²) in [7, 11) is 0. The Morgan fingerprint density at radius 3 is 1.66 bits per heavy atom. The maximum atomic E-state index is 9.92. The minimum Gasteiger partial charge on any atom is -0.310 e. The molecule has 0 amide bonds. The van der Waals surface area contributed by atoms with Crippen molar-refractivity contribution in [2.45, 2.75) is 24.7 Å². The molecular formula is C58H43N. The van der Waals surface area contributed by atoms with Gasteiger partial charge in [0.15, 0.2) is 0 Å². The Labute approximate surface area is 357 Å². The highest BCUT2D eigenvalue weighted by atomic mass is 15.1. The van der Waals surface area contributed by atoms with Gasteiger partial charge in [0.2, 0.25) is 0 Å². The minimum atomic E-state index is -1.44. The molecular weight excluding hydrogens is 711 g/mol. The highest BCUT2D eigenvalue weighted by molar-refractivity contribution is 6.00. The van der Waals surface area contributed by atoms with E-state index in [-0.39, 0.29) is 47.2 Å². The minimum absolute atomic E-state index is 0.202. The molecule has 280 valence electrons. The summed E-state index contributed by atoms with van der Waals surface area (Å²) in [5.74, 6) is 0. The maximum absolute atomic E-state index is 9.92. The van der Waals surface area contributed by atoms with Crippen LogP contribution in [0.3, 0.4) is 0 Å². The summed E-state index contributed by atoms with van der Waals surface area (Å²) in [5.41, 5.74) is 11.2. The van der Waals surface area contributed by atoms with Crippen LogP contribution in [0.5, 0.6) is 0 Å². The average molecular weight is 761 g/mol. The van der Waals surface area contributed by atoms with Crippen LogP contribution in [0.4, 0.5) is 17.1 Å². The van der Waals surface area contributed by atoms with Crippen molar-refractivity contribution in [2.75, 3.05) is 4.90 Å². The third kappa shape index (κ3) is 5.31. The van der Waals surface area contributed by atoms with Crippen LogP contribution in [-0.2, 0) is 10.8 Å². The van der Waals surface area contributed by atoms with Crippen molar-refractivity contribution in [2.24, 2.45) is 0 Å². The van der Waals surface area contributed by atoms with E-state index in [4.69, 9.17) is 2.74 Å². The molecule has 9 aromatic carbocycles. The molecule has 11 rings (SSSR count). The first-order chi connectivity index (χ1) is 32.0. The standard InChI is InChI=1S/C58H43N/c1-57(2)51-29-15-12-25-46(51)47-38-37-45(39-54(47)57)59(44-35-33-41(34-36-44)40-19-6-3-7-20-40)55-32-17-14-26-48(55)49-28-18-31-53-56(49)50-27-13-16-30-52(50)58(53,42-21-8-4-9-22-42)43-23-10-5-11-24-43/h3-39H,1-2H3/i13D,16D,18D,27D,28D,30D,31D. The number of rotatable bonds is 7. The van der Waals surface area contributed by atoms with Crippen LogP contribution in [0.15, 0.2) is 224 Å². The van der Waals surface area contributed by atoms with Gasteiger partial charge in [-0.15, -0.1) is 0 Å². The van der Waals surface area contributed by atoms with Gasteiger partial charge in [-0.05, 0) is 103 Å². The number of hydrogen-bond acceptors (Lipinski definition) is 1. The molecule has 1 heteroatoms. The number of para-hydroxylation sites is 1. The Morgan fingerprint density at radius 2 is 0.932 bits per heavy atom. The molecule has 2 aliphatic carbocycles. The number of benzene rings is 9. The molecule has 0 saturated carbocycles. The normalized spacial score (nSPS) is 15.5. The molecule has 0 radical (unpaired) electrons. The van der Waals surface area contributed by atoms with Gasteiger partial charge in [0, 0.05) is 22.4 Å². The zero-order valence-electron chi connectivity index (χ0n) is 39.8. The first-order valence-corrected chi connectivity index (χ1v) is 20.1. The smallest absolute Gasteiger partial charge is 0.0713 e. The van der Waals surface area contributed by atoms with Gasteiger partial charge >= 0.3 is 0 Å². The van der Waals surface area contributed by atoms with E-state index in [0.717, 1.165) is 22.5 Å². The van der Waals surface area contributed by atoms with E-state index in [0.29, 0.717) is 44.6 Å². The van der Waals surface area contributed by atoms with E-state index in [1.165, 1.54) is 22.3 Å². The zero-order chi connectivity index (χ0) is 45.6. The van der Waals surface area contributed by atoms with E-state index in [1.807, 2.05) is 103 Å². The Balaban J connectivity index is 1.24. The number of hydrogen-bond donors (Lipinski definition) is 0. The molecule has 0 fully saturated rings. The molecule has 0 aliphatic heterocycles. The highest BCUT2D eigenvalue weighted by Gasteiger charge is 2.47. The molecule has 0 spiro atoms. The van der Waals surface area contributed by atoms with Crippen molar-refractivity contribution in [1.29, 1.82) is 0 Å². The summed E-state index contributed by atoms with van der Waals surface area (Å²) in [6.07, 6.45) is 0. The van der Waals surface area contributed by atoms with Crippen LogP contribution in [0, 0.1) is 0 Å². The zero-order valence-corrected chi connectivity index (χ0v) is 32.8. The highest BCUT2D eigenvalue weighted by Crippen LogP contribution is 2.59. The van der Waals surface area contributed by atoms with E-state index in [1.54, 1.807) is 0 Å². The van der Waals surface area contributed by atoms with Gasteiger partial charge in [-0.2, -0.15) is 0 Å². The molecule has 0 aromatic heterocycles. The van der Waals surface area contributed by atoms with E-state index < -0.39 is 11.5 Å². The summed E-state index contributed by atoms with van der Waals surface area (Å²) in [5, 5.41) is 0. The Morgan fingerprint density at radius 1 is 0.390 bits per heavy atom. The van der Waals surface area contributed by atoms with Crippen LogP contribution in [0.25, 0.3) is 44.5 Å². The lowest BCUT2D eigenvalue weighted by molar-refractivity contribution is 0.660. The largest absolute Gasteiger partial charge is 0.310 e. The third-order valence-electron chi connectivity index (χ3n) is 12.4. The second-order valence-corrected chi connectivity index (χ2v) is 15.9. The van der Waals surface area contributed by atoms with Crippen molar-refractivity contribution in [3.05, 3.63) is 258 Å². The predicted octanol–water partition coefficient (Wildman–Crippen LogP) is 15.2. The lowest BCUT2D eigenvalue weighted by atomic mass is 9.67. The van der Waals surface area contributed by atoms with Gasteiger partial charge in [-0.25, -0.2) is 0 Å². The fourth-order valence-electron chi connectivity index (χ4n) is 9.74. The summed E-state index contributed by atoms with van der Waals surface area (Å²) in [6, 6.07) is 58.6. The molecule has 0 unspecified atom stereocenters. The maximum Gasteiger partial charge on any atom is 0.0713 e. The lowest BCUT2D eigenvalue weighted by Crippen LogP contribution is -2.28. The molecule has 0 heterocycles. The van der Waals surface area contributed by atoms with Crippen molar-refractivity contribution in [3.63, 3.8) is 0 Å². The average Bonchev–Trinajstić information content (AvgIpc) is 3.80. The van der Waals surface area contributed by atoms with Gasteiger partial charge in [0.25, 0.3) is 0 Å². The molecule has 59 heavy (non-hydrogen) atoms. The van der Waals surface area contributed by atoms with Crippen molar-refractivity contribution in [1.82, 2.24) is 0 Å². The summed E-state index contributed by atoms with van der Waals surface area (Å²) < 4.78 is 67.0. The predicted molar refractivity (Wildman–Crippen MR) is 247 cm³/mol. The second-order valence-electron chi connectivity index (χ2n) is 15.9. The van der Waals surface area contributed by atoms with Crippen LogP contribution < -0.4 is 4.90 Å². The summed E-state index contributed by atoms with van der Waals surface area (Å²) in [6.45, 7) is 4.51. The summed E-state index contributed by atoms with van der Waals surface area (Å²) in [4.78, 5) is 2.19.